The molecule has 0 spiro atoms. The summed E-state index contributed by atoms with van der Waals surface area (Å²) < 4.78 is 5.83. The van der Waals surface area contributed by atoms with Crippen LogP contribution in [0.15, 0.2) is 24.3 Å². The van der Waals surface area contributed by atoms with Crippen LogP contribution in [0.5, 0.6) is 0 Å². The maximum Gasteiger partial charge on any atom is 0.223 e. The van der Waals surface area contributed by atoms with Crippen molar-refractivity contribution in [1.82, 2.24) is 10.2 Å². The van der Waals surface area contributed by atoms with Crippen molar-refractivity contribution in [3.8, 4) is 0 Å². The van der Waals surface area contributed by atoms with E-state index in [1.54, 1.807) is 0 Å². The number of nitrogens with two attached hydrogens (primary N) is 1. The third kappa shape index (κ3) is 4.84. The molecule has 1 heterocycles. The molecule has 2 fully saturated rings. The summed E-state index contributed by atoms with van der Waals surface area (Å²) in [7, 11) is 0. The number of ether oxygens (including phenoxy) is 1. The summed E-state index contributed by atoms with van der Waals surface area (Å²) in [4.78, 5) is 15.0. The second-order valence-electron chi connectivity index (χ2n) is 7.97. The maximum atomic E-state index is 12.6. The lowest BCUT2D eigenvalue weighted by atomic mass is 9.95. The summed E-state index contributed by atoms with van der Waals surface area (Å²) in [5.41, 5.74) is 8.32. The van der Waals surface area contributed by atoms with E-state index in [0.29, 0.717) is 19.0 Å². The SMILES string of the molecule is CC1CN(Cc2ccccc2CNC(=O)[C@@H]2CCC[C@@H]2CN)CC(C)O1. The van der Waals surface area contributed by atoms with Crippen molar-refractivity contribution < 1.29 is 9.53 Å². The van der Waals surface area contributed by atoms with Crippen LogP contribution >= 0.6 is 0 Å². The predicted octanol–water partition coefficient (Wildman–Crippen LogP) is 2.29. The molecule has 0 radical (unpaired) electrons. The van der Waals surface area contributed by atoms with Gasteiger partial charge >= 0.3 is 0 Å². The molecule has 1 aromatic carbocycles. The van der Waals surface area contributed by atoms with E-state index < -0.39 is 0 Å². The Bertz CT molecular complexity index is 597. The van der Waals surface area contributed by atoms with Crippen molar-refractivity contribution >= 4 is 5.91 Å². The fourth-order valence-electron chi connectivity index (χ4n) is 4.52. The summed E-state index contributed by atoms with van der Waals surface area (Å²) in [5, 5.41) is 3.16. The van der Waals surface area contributed by atoms with E-state index in [2.05, 4.69) is 42.3 Å². The number of nitrogens with one attached hydrogen (secondary N) is 1. The number of rotatable bonds is 6. The largest absolute Gasteiger partial charge is 0.373 e. The first-order valence-electron chi connectivity index (χ1n) is 9.99. The zero-order chi connectivity index (χ0) is 18.5. The minimum Gasteiger partial charge on any atom is -0.373 e. The van der Waals surface area contributed by atoms with Crippen LogP contribution in [0.1, 0.15) is 44.2 Å². The number of carbonyl (C=O) groups excluding carboxylic acids is 1. The number of morpholine rings is 1. The summed E-state index contributed by atoms with van der Waals surface area (Å²) in [5.74, 6) is 0.607. The molecule has 3 rings (SSSR count). The average Bonchev–Trinajstić information content (AvgIpc) is 3.08. The summed E-state index contributed by atoms with van der Waals surface area (Å²) in [6.45, 7) is 8.27. The van der Waals surface area contributed by atoms with Gasteiger partial charge in [0.05, 0.1) is 12.2 Å². The average molecular weight is 360 g/mol. The second kappa shape index (κ2) is 8.98. The lowest BCUT2D eigenvalue weighted by Crippen LogP contribution is -2.45. The van der Waals surface area contributed by atoms with Crippen molar-refractivity contribution in [2.45, 2.75) is 58.4 Å². The predicted molar refractivity (Wildman–Crippen MR) is 103 cm³/mol. The first kappa shape index (κ1) is 19.3. The fraction of sp³-hybridized carbons (Fsp3) is 0.667. The van der Waals surface area contributed by atoms with Crippen LogP contribution in [-0.2, 0) is 22.6 Å². The lowest BCUT2D eigenvalue weighted by molar-refractivity contribution is -0.126. The molecule has 144 valence electrons. The van der Waals surface area contributed by atoms with Crippen LogP contribution in [0, 0.1) is 11.8 Å². The quantitative estimate of drug-likeness (QED) is 0.818. The molecule has 0 aromatic heterocycles. The second-order valence-corrected chi connectivity index (χ2v) is 7.97. The number of benzene rings is 1. The molecule has 1 aromatic rings. The van der Waals surface area contributed by atoms with Gasteiger partial charge in [-0.15, -0.1) is 0 Å². The molecule has 4 atom stereocenters. The van der Waals surface area contributed by atoms with Crippen molar-refractivity contribution in [3.05, 3.63) is 35.4 Å². The number of carbonyl (C=O) groups is 1. The molecule has 1 aliphatic heterocycles. The molecule has 0 bridgehead atoms. The van der Waals surface area contributed by atoms with Crippen molar-refractivity contribution in [2.24, 2.45) is 17.6 Å². The third-order valence-electron chi connectivity index (χ3n) is 5.76. The summed E-state index contributed by atoms with van der Waals surface area (Å²) >= 11 is 0. The number of hydrogen-bond acceptors (Lipinski definition) is 4. The zero-order valence-electron chi connectivity index (χ0n) is 16.1. The first-order chi connectivity index (χ1) is 12.6. The molecule has 2 unspecified atom stereocenters. The Morgan fingerprint density at radius 2 is 1.88 bits per heavy atom. The Morgan fingerprint density at radius 1 is 1.19 bits per heavy atom. The van der Waals surface area contributed by atoms with Gasteiger partial charge in [-0.2, -0.15) is 0 Å². The minimum absolute atomic E-state index is 0.0908. The summed E-state index contributed by atoms with van der Waals surface area (Å²) in [6, 6.07) is 8.42. The van der Waals surface area contributed by atoms with Gasteiger partial charge in [-0.25, -0.2) is 0 Å². The highest BCUT2D eigenvalue weighted by atomic mass is 16.5. The van der Waals surface area contributed by atoms with E-state index in [9.17, 15) is 4.79 Å². The standard InChI is InChI=1S/C21H33N3O2/c1-15-12-24(13-16(2)26-15)14-19-7-4-3-6-18(19)11-23-21(25)20-9-5-8-17(20)10-22/h3-4,6-7,15-17,20H,5,8-14,22H2,1-2H3,(H,23,25)/t15?,16?,17-,20-/m1/s1. The van der Waals surface area contributed by atoms with Crippen LogP contribution in [0.4, 0.5) is 0 Å². The molecule has 5 heteroatoms. The Balaban J connectivity index is 1.59. The van der Waals surface area contributed by atoms with Crippen molar-refractivity contribution in [3.63, 3.8) is 0 Å². The molecule has 2 aliphatic rings. The minimum atomic E-state index is 0.0908. The van der Waals surface area contributed by atoms with Gasteiger partial charge in [0.2, 0.25) is 5.91 Å². The van der Waals surface area contributed by atoms with Gasteiger partial charge in [0, 0.05) is 32.1 Å². The van der Waals surface area contributed by atoms with E-state index in [1.165, 1.54) is 11.1 Å². The van der Waals surface area contributed by atoms with Gasteiger partial charge in [0.25, 0.3) is 0 Å². The van der Waals surface area contributed by atoms with E-state index in [0.717, 1.165) is 38.9 Å². The summed E-state index contributed by atoms with van der Waals surface area (Å²) in [6.07, 6.45) is 3.70. The van der Waals surface area contributed by atoms with Gasteiger partial charge in [-0.1, -0.05) is 30.7 Å². The normalized spacial score (nSPS) is 29.7. The molecule has 1 amide bonds. The molecule has 3 N–H and O–H groups in total. The van der Waals surface area contributed by atoms with Crippen LogP contribution in [0.2, 0.25) is 0 Å². The van der Waals surface area contributed by atoms with Gasteiger partial charge in [-0.3, -0.25) is 9.69 Å². The molecule has 5 nitrogen and oxygen atoms in total. The first-order valence-corrected chi connectivity index (χ1v) is 9.99. The van der Waals surface area contributed by atoms with E-state index >= 15 is 0 Å². The highest BCUT2D eigenvalue weighted by Gasteiger charge is 2.31. The number of hydrogen-bond donors (Lipinski definition) is 2. The zero-order valence-corrected chi connectivity index (χ0v) is 16.1. The van der Waals surface area contributed by atoms with Gasteiger partial charge < -0.3 is 15.8 Å². The molecular formula is C21H33N3O2. The number of nitrogens with zero attached hydrogens (tertiary/aromatic N) is 1. The smallest absolute Gasteiger partial charge is 0.223 e. The van der Waals surface area contributed by atoms with Crippen molar-refractivity contribution in [2.75, 3.05) is 19.6 Å². The van der Waals surface area contributed by atoms with Crippen molar-refractivity contribution in [1.29, 1.82) is 0 Å². The topological polar surface area (TPSA) is 67.6 Å². The van der Waals surface area contributed by atoms with Crippen LogP contribution in [-0.4, -0.2) is 42.6 Å². The highest BCUT2D eigenvalue weighted by Crippen LogP contribution is 2.31. The van der Waals surface area contributed by atoms with Crippen LogP contribution in [0.25, 0.3) is 0 Å². The van der Waals surface area contributed by atoms with E-state index in [1.807, 2.05) is 6.07 Å². The Morgan fingerprint density at radius 3 is 2.58 bits per heavy atom. The fourth-order valence-corrected chi connectivity index (χ4v) is 4.52. The molecule has 26 heavy (non-hydrogen) atoms. The van der Waals surface area contributed by atoms with Crippen LogP contribution in [0.3, 0.4) is 0 Å². The molecule has 1 saturated carbocycles. The maximum absolute atomic E-state index is 12.6. The Labute approximate surface area is 157 Å². The monoisotopic (exact) mass is 359 g/mol. The molecule has 1 saturated heterocycles. The third-order valence-corrected chi connectivity index (χ3v) is 5.76. The van der Waals surface area contributed by atoms with E-state index in [4.69, 9.17) is 10.5 Å². The van der Waals surface area contributed by atoms with Crippen LogP contribution < -0.4 is 11.1 Å². The number of amides is 1. The lowest BCUT2D eigenvalue weighted by Gasteiger charge is -2.35. The van der Waals surface area contributed by atoms with Gasteiger partial charge in [0.15, 0.2) is 0 Å². The van der Waals surface area contributed by atoms with Gasteiger partial charge in [-0.05, 0) is 50.3 Å². The molecule has 1 aliphatic carbocycles. The van der Waals surface area contributed by atoms with Gasteiger partial charge in [0.1, 0.15) is 0 Å². The molecular weight excluding hydrogens is 326 g/mol. The highest BCUT2D eigenvalue weighted by molar-refractivity contribution is 5.79. The van der Waals surface area contributed by atoms with E-state index in [-0.39, 0.29) is 24.0 Å². The Kier molecular flexibility index (Phi) is 6.68. The Hall–Kier alpha value is -1.43.